The maximum Gasteiger partial charge on any atom is 0.185 e. The van der Waals surface area contributed by atoms with Crippen LogP contribution in [0, 0.1) is 0 Å². The molecule has 0 saturated heterocycles. The van der Waals surface area contributed by atoms with Crippen LogP contribution in [0.5, 0.6) is 0 Å². The van der Waals surface area contributed by atoms with Crippen molar-refractivity contribution < 1.29 is 13.3 Å². The molecule has 1 aliphatic heterocycles. The van der Waals surface area contributed by atoms with Gasteiger partial charge in [0.2, 0.25) is 0 Å². The first-order valence-corrected chi connectivity index (χ1v) is 4.08. The molecule has 10 heavy (non-hydrogen) atoms. The van der Waals surface area contributed by atoms with Crippen LogP contribution in [0.15, 0.2) is 5.16 Å². The fraction of sp³-hybridized carbons (Fsp3) is 0.800. The largest absolute Gasteiger partial charge is 0.389 e. The Balaban J connectivity index is 2.73. The molecule has 0 spiro atoms. The predicted octanol–water partition coefficient (Wildman–Crippen LogP) is 0.110. The van der Waals surface area contributed by atoms with Gasteiger partial charge < -0.3 is 4.84 Å². The average molecular weight is 163 g/mol. The Morgan fingerprint density at radius 1 is 1.60 bits per heavy atom. The quantitative estimate of drug-likeness (QED) is 0.516. The molecule has 58 valence electrons. The second-order valence-electron chi connectivity index (χ2n) is 2.79. The van der Waals surface area contributed by atoms with Gasteiger partial charge in [0.05, 0.1) is 0 Å². The van der Waals surface area contributed by atoms with E-state index in [-0.39, 0.29) is 5.04 Å². The number of thiol groups is 1. The molecule has 1 heterocycles. The second-order valence-corrected chi connectivity index (χ2v) is 3.82. The molecular formula is C5H9NO3S. The summed E-state index contributed by atoms with van der Waals surface area (Å²) in [6, 6.07) is 0. The highest BCUT2D eigenvalue weighted by Crippen LogP contribution is 2.22. The summed E-state index contributed by atoms with van der Waals surface area (Å²) in [6.45, 7) is 3.59. The van der Waals surface area contributed by atoms with Gasteiger partial charge in [0.15, 0.2) is 15.7 Å². The van der Waals surface area contributed by atoms with E-state index in [9.17, 15) is 8.42 Å². The Bertz CT molecular complexity index is 233. The number of hydrogen-bond donors (Lipinski definition) is 1. The number of nitrogens with zero attached hydrogens (tertiary/aromatic N) is 1. The summed E-state index contributed by atoms with van der Waals surface area (Å²) in [5.41, 5.74) is -0.440. The van der Waals surface area contributed by atoms with Gasteiger partial charge in [-0.3, -0.25) is 0 Å². The average Bonchev–Trinajstić information content (AvgIpc) is 2.10. The van der Waals surface area contributed by atoms with E-state index in [0.29, 0.717) is 6.42 Å². The Morgan fingerprint density at radius 2 is 2.20 bits per heavy atom. The van der Waals surface area contributed by atoms with E-state index >= 15 is 0 Å². The SMILES string of the molecule is CC1(C)CC([SH](=O)=O)=NO1. The normalized spacial score (nSPS) is 22.5. The minimum absolute atomic E-state index is 0.139. The molecule has 0 aromatic carbocycles. The molecule has 5 heteroatoms. The van der Waals surface area contributed by atoms with Crippen LogP contribution >= 0.6 is 0 Å². The molecule has 0 saturated carbocycles. The van der Waals surface area contributed by atoms with Crippen LogP contribution in [0.3, 0.4) is 0 Å². The van der Waals surface area contributed by atoms with Crippen molar-refractivity contribution in [3.8, 4) is 0 Å². The molecule has 0 aromatic rings. The summed E-state index contributed by atoms with van der Waals surface area (Å²) in [5.74, 6) is 0. The Morgan fingerprint density at radius 3 is 2.40 bits per heavy atom. The van der Waals surface area contributed by atoms with Crippen molar-refractivity contribution in [2.75, 3.05) is 0 Å². The van der Waals surface area contributed by atoms with Crippen LogP contribution in [0.2, 0.25) is 0 Å². The molecule has 0 radical (unpaired) electrons. The van der Waals surface area contributed by atoms with E-state index in [0.717, 1.165) is 0 Å². The number of hydrogen-bond acceptors (Lipinski definition) is 4. The highest BCUT2D eigenvalue weighted by Gasteiger charge is 2.30. The molecule has 0 bridgehead atoms. The summed E-state index contributed by atoms with van der Waals surface area (Å²) in [7, 11) is -2.54. The van der Waals surface area contributed by atoms with Crippen molar-refractivity contribution in [3.63, 3.8) is 0 Å². The Kier molecular flexibility index (Phi) is 1.68. The maximum atomic E-state index is 10.3. The molecule has 0 aliphatic carbocycles. The van der Waals surface area contributed by atoms with Crippen molar-refractivity contribution in [2.24, 2.45) is 5.16 Å². The van der Waals surface area contributed by atoms with E-state index in [4.69, 9.17) is 4.84 Å². The van der Waals surface area contributed by atoms with Gasteiger partial charge in [-0.05, 0) is 13.8 Å². The minimum Gasteiger partial charge on any atom is -0.389 e. The van der Waals surface area contributed by atoms with Gasteiger partial charge >= 0.3 is 0 Å². The molecule has 1 aliphatic rings. The van der Waals surface area contributed by atoms with E-state index in [1.54, 1.807) is 13.8 Å². The lowest BCUT2D eigenvalue weighted by Crippen LogP contribution is -2.19. The molecular weight excluding hydrogens is 154 g/mol. The van der Waals surface area contributed by atoms with Gasteiger partial charge in [0, 0.05) is 6.42 Å². The van der Waals surface area contributed by atoms with Crippen LogP contribution in [0.4, 0.5) is 0 Å². The third-order valence-corrected chi connectivity index (χ3v) is 1.85. The molecule has 4 nitrogen and oxygen atoms in total. The molecule has 0 aromatic heterocycles. The summed E-state index contributed by atoms with van der Waals surface area (Å²) < 4.78 is 20.6. The fourth-order valence-corrected chi connectivity index (χ4v) is 1.34. The molecule has 0 fully saturated rings. The Hall–Kier alpha value is -0.580. The summed E-state index contributed by atoms with van der Waals surface area (Å²) in [4.78, 5) is 4.82. The highest BCUT2D eigenvalue weighted by atomic mass is 32.2. The minimum atomic E-state index is -2.54. The summed E-state index contributed by atoms with van der Waals surface area (Å²) in [6.07, 6.45) is 0.381. The third-order valence-electron chi connectivity index (χ3n) is 1.19. The van der Waals surface area contributed by atoms with Crippen LogP contribution < -0.4 is 0 Å². The second kappa shape index (κ2) is 2.23. The first kappa shape index (κ1) is 7.53. The lowest BCUT2D eigenvalue weighted by atomic mass is 10.1. The molecule has 0 amide bonds. The molecule has 1 rings (SSSR count). The predicted molar refractivity (Wildman–Crippen MR) is 37.5 cm³/mol. The molecule has 0 unspecified atom stereocenters. The van der Waals surface area contributed by atoms with Gasteiger partial charge in [0.25, 0.3) is 0 Å². The molecule has 0 N–H and O–H groups in total. The van der Waals surface area contributed by atoms with Crippen molar-refractivity contribution >= 4 is 15.7 Å². The van der Waals surface area contributed by atoms with Crippen LogP contribution in [0.1, 0.15) is 20.3 Å². The van der Waals surface area contributed by atoms with Gasteiger partial charge in [-0.1, -0.05) is 5.16 Å². The van der Waals surface area contributed by atoms with E-state index in [2.05, 4.69) is 5.16 Å². The van der Waals surface area contributed by atoms with Crippen molar-refractivity contribution in [3.05, 3.63) is 0 Å². The topological polar surface area (TPSA) is 55.7 Å². The van der Waals surface area contributed by atoms with Crippen LogP contribution in [-0.4, -0.2) is 19.1 Å². The smallest absolute Gasteiger partial charge is 0.185 e. The van der Waals surface area contributed by atoms with Gasteiger partial charge in [-0.25, -0.2) is 8.42 Å². The zero-order valence-electron chi connectivity index (χ0n) is 5.83. The summed E-state index contributed by atoms with van der Waals surface area (Å²) in [5, 5.41) is 3.55. The van der Waals surface area contributed by atoms with Crippen molar-refractivity contribution in [1.29, 1.82) is 0 Å². The third kappa shape index (κ3) is 1.47. The van der Waals surface area contributed by atoms with Gasteiger partial charge in [-0.2, -0.15) is 0 Å². The number of rotatable bonds is 0. The van der Waals surface area contributed by atoms with E-state index < -0.39 is 16.3 Å². The Labute approximate surface area is 60.8 Å². The van der Waals surface area contributed by atoms with Crippen LogP contribution in [-0.2, 0) is 15.5 Å². The van der Waals surface area contributed by atoms with E-state index in [1.807, 2.05) is 0 Å². The maximum absolute atomic E-state index is 10.3. The zero-order chi connectivity index (χ0) is 7.78. The number of oxime groups is 1. The fourth-order valence-electron chi connectivity index (χ4n) is 0.719. The summed E-state index contributed by atoms with van der Waals surface area (Å²) >= 11 is 0. The monoisotopic (exact) mass is 163 g/mol. The van der Waals surface area contributed by atoms with Crippen molar-refractivity contribution in [2.45, 2.75) is 25.9 Å². The standard InChI is InChI=1S/C5H9NO3S/c1-5(2)3-4(6-9-5)10(7)8/h10H,3H2,1-2H3. The van der Waals surface area contributed by atoms with Crippen molar-refractivity contribution in [1.82, 2.24) is 0 Å². The highest BCUT2D eigenvalue weighted by molar-refractivity contribution is 7.89. The first-order valence-electron chi connectivity index (χ1n) is 2.91. The van der Waals surface area contributed by atoms with E-state index in [1.165, 1.54) is 0 Å². The first-order chi connectivity index (χ1) is 4.51. The van der Waals surface area contributed by atoms with Crippen LogP contribution in [0.25, 0.3) is 0 Å². The lowest BCUT2D eigenvalue weighted by molar-refractivity contribution is 0.0123. The van der Waals surface area contributed by atoms with Gasteiger partial charge in [0.1, 0.15) is 5.60 Å². The van der Waals surface area contributed by atoms with Gasteiger partial charge in [-0.15, -0.1) is 0 Å². The molecule has 0 atom stereocenters. The zero-order valence-corrected chi connectivity index (χ0v) is 6.72. The lowest BCUT2D eigenvalue weighted by Gasteiger charge is -2.12.